The third-order valence-electron chi connectivity index (χ3n) is 6.66. The van der Waals surface area contributed by atoms with Gasteiger partial charge < -0.3 is 14.5 Å². The minimum Gasteiger partial charge on any atom is -0.491 e. The van der Waals surface area contributed by atoms with Gasteiger partial charge >= 0.3 is 0 Å². The molecule has 36 heavy (non-hydrogen) atoms. The van der Waals surface area contributed by atoms with E-state index in [0.29, 0.717) is 41.4 Å². The van der Waals surface area contributed by atoms with E-state index in [1.165, 1.54) is 0 Å². The summed E-state index contributed by atoms with van der Waals surface area (Å²) >= 11 is 6.44. The number of nitrogens with zero attached hydrogens (tertiary/aromatic N) is 2. The number of carbonyl (C=O) groups is 2. The topological polar surface area (TPSA) is 49.9 Å². The van der Waals surface area contributed by atoms with Gasteiger partial charge in [0, 0.05) is 20.1 Å². The third-order valence-corrected chi connectivity index (χ3v) is 6.99. The minimum atomic E-state index is -0.236. The highest BCUT2D eigenvalue weighted by Crippen LogP contribution is 2.24. The Morgan fingerprint density at radius 3 is 2.33 bits per heavy atom. The minimum absolute atomic E-state index is 0.0498. The summed E-state index contributed by atoms with van der Waals surface area (Å²) in [5.41, 5.74) is 2.16. The maximum absolute atomic E-state index is 13.8. The molecule has 0 aromatic heterocycles. The van der Waals surface area contributed by atoms with E-state index in [1.54, 1.807) is 23.1 Å². The predicted molar refractivity (Wildman–Crippen MR) is 144 cm³/mol. The Balaban J connectivity index is 1.70. The van der Waals surface area contributed by atoms with Crippen LogP contribution in [0.25, 0.3) is 0 Å². The maximum Gasteiger partial charge on any atom is 0.257 e. The molecule has 3 aromatic rings. The van der Waals surface area contributed by atoms with Crippen molar-refractivity contribution in [3.8, 4) is 5.75 Å². The van der Waals surface area contributed by atoms with Crippen LogP contribution in [-0.2, 0) is 6.42 Å². The number of halogens is 1. The van der Waals surface area contributed by atoms with E-state index in [0.717, 1.165) is 31.2 Å². The van der Waals surface area contributed by atoms with E-state index in [4.69, 9.17) is 16.3 Å². The second-order valence-corrected chi connectivity index (χ2v) is 9.68. The molecule has 6 heteroatoms. The Morgan fingerprint density at radius 2 is 1.56 bits per heavy atom. The number of benzene rings is 3. The Morgan fingerprint density at radius 1 is 0.889 bits per heavy atom. The summed E-state index contributed by atoms with van der Waals surface area (Å²) in [6.07, 6.45) is 4.39. The van der Waals surface area contributed by atoms with Crippen LogP contribution in [0.4, 0.5) is 0 Å². The quantitative estimate of drug-likeness (QED) is 0.432. The highest BCUT2D eigenvalue weighted by Gasteiger charge is 2.28. The molecular weight excluding hydrogens is 472 g/mol. The van der Waals surface area contributed by atoms with Crippen molar-refractivity contribution in [1.82, 2.24) is 9.80 Å². The van der Waals surface area contributed by atoms with E-state index < -0.39 is 0 Å². The van der Waals surface area contributed by atoms with Crippen LogP contribution >= 0.6 is 11.6 Å². The first-order chi connectivity index (χ1) is 17.5. The van der Waals surface area contributed by atoms with Crippen LogP contribution in [-0.4, -0.2) is 54.4 Å². The average molecular weight is 505 g/mol. The second kappa shape index (κ2) is 12.6. The van der Waals surface area contributed by atoms with Gasteiger partial charge in [-0.05, 0) is 49.1 Å². The van der Waals surface area contributed by atoms with Crippen molar-refractivity contribution in [2.45, 2.75) is 38.1 Å². The van der Waals surface area contributed by atoms with Gasteiger partial charge in [0.05, 0.1) is 22.2 Å². The van der Waals surface area contributed by atoms with Crippen LogP contribution in [0.1, 0.15) is 52.0 Å². The lowest BCUT2D eigenvalue weighted by Crippen LogP contribution is -2.46. The zero-order chi connectivity index (χ0) is 25.3. The van der Waals surface area contributed by atoms with E-state index in [-0.39, 0.29) is 24.5 Å². The lowest BCUT2D eigenvalue weighted by molar-refractivity contribution is 0.0599. The number of rotatable bonds is 3. The molecule has 0 fully saturated rings. The SMILES string of the molecule is CN1CCCCCCN(C(=O)c2ccccc2Cl)[C@H](Cc2ccccc2)COc2ccccc2C1=O. The number of hydrogen-bond acceptors (Lipinski definition) is 3. The molecule has 1 atom stereocenters. The second-order valence-electron chi connectivity index (χ2n) is 9.27. The van der Waals surface area contributed by atoms with Crippen molar-refractivity contribution in [3.63, 3.8) is 0 Å². The van der Waals surface area contributed by atoms with Crippen molar-refractivity contribution in [3.05, 3.63) is 101 Å². The molecule has 0 saturated carbocycles. The Labute approximate surface area is 218 Å². The molecule has 1 aliphatic rings. The Bertz CT molecular complexity index is 1170. The van der Waals surface area contributed by atoms with Crippen molar-refractivity contribution in [2.75, 3.05) is 26.7 Å². The molecule has 0 aliphatic carbocycles. The Kier molecular flexibility index (Phi) is 9.01. The van der Waals surface area contributed by atoms with Gasteiger partial charge in [-0.15, -0.1) is 0 Å². The molecule has 0 saturated heterocycles. The first-order valence-electron chi connectivity index (χ1n) is 12.6. The lowest BCUT2D eigenvalue weighted by atomic mass is 10.0. The molecule has 4 rings (SSSR count). The van der Waals surface area contributed by atoms with Crippen LogP contribution in [0.2, 0.25) is 5.02 Å². The zero-order valence-corrected chi connectivity index (χ0v) is 21.5. The van der Waals surface area contributed by atoms with Gasteiger partial charge in [0.1, 0.15) is 12.4 Å². The molecule has 188 valence electrons. The molecule has 0 spiro atoms. The number of para-hydroxylation sites is 1. The summed E-state index contributed by atoms with van der Waals surface area (Å²) in [4.78, 5) is 30.6. The highest BCUT2D eigenvalue weighted by atomic mass is 35.5. The summed E-state index contributed by atoms with van der Waals surface area (Å²) in [6, 6.07) is 24.4. The first-order valence-corrected chi connectivity index (χ1v) is 13.0. The lowest BCUT2D eigenvalue weighted by Gasteiger charge is -2.33. The van der Waals surface area contributed by atoms with E-state index in [9.17, 15) is 9.59 Å². The summed E-state index contributed by atoms with van der Waals surface area (Å²) in [5, 5.41) is 0.445. The molecule has 2 amide bonds. The van der Waals surface area contributed by atoms with Crippen molar-refractivity contribution in [2.24, 2.45) is 0 Å². The molecule has 3 aromatic carbocycles. The number of ether oxygens (including phenoxy) is 1. The normalized spacial score (nSPS) is 17.6. The molecule has 5 nitrogen and oxygen atoms in total. The standard InChI is InChI=1S/C30H33ClN2O3/c1-32-19-11-2-3-12-20-33(30(35)25-15-7-9-17-27(25)31)24(21-23-13-5-4-6-14-23)22-36-28-18-10-8-16-26(28)29(32)34/h4-10,13-18,24H,2-3,11-12,19-22H2,1H3/t24-/m1/s1. The van der Waals surface area contributed by atoms with Gasteiger partial charge in [-0.1, -0.05) is 79.0 Å². The molecule has 0 bridgehead atoms. The largest absolute Gasteiger partial charge is 0.491 e. The zero-order valence-electron chi connectivity index (χ0n) is 20.7. The third kappa shape index (κ3) is 6.46. The molecular formula is C30H33ClN2O3. The molecule has 1 heterocycles. The molecule has 0 radical (unpaired) electrons. The van der Waals surface area contributed by atoms with Gasteiger partial charge in [-0.2, -0.15) is 0 Å². The summed E-state index contributed by atoms with van der Waals surface area (Å²) in [7, 11) is 1.84. The summed E-state index contributed by atoms with van der Waals surface area (Å²) < 4.78 is 6.31. The summed E-state index contributed by atoms with van der Waals surface area (Å²) in [5.74, 6) is 0.391. The number of amides is 2. The van der Waals surface area contributed by atoms with E-state index >= 15 is 0 Å². The number of carbonyl (C=O) groups excluding carboxylic acids is 2. The van der Waals surface area contributed by atoms with E-state index in [1.807, 2.05) is 60.5 Å². The van der Waals surface area contributed by atoms with E-state index in [2.05, 4.69) is 12.1 Å². The molecule has 1 aliphatic heterocycles. The van der Waals surface area contributed by atoms with Gasteiger partial charge in [0.25, 0.3) is 11.8 Å². The van der Waals surface area contributed by atoms with Crippen molar-refractivity contribution < 1.29 is 14.3 Å². The fraction of sp³-hybridized carbons (Fsp3) is 0.333. The van der Waals surface area contributed by atoms with Gasteiger partial charge in [0.15, 0.2) is 0 Å². The van der Waals surface area contributed by atoms with Crippen LogP contribution < -0.4 is 4.74 Å². The average Bonchev–Trinajstić information content (AvgIpc) is 2.90. The van der Waals surface area contributed by atoms with Crippen molar-refractivity contribution >= 4 is 23.4 Å². The van der Waals surface area contributed by atoms with Crippen LogP contribution in [0, 0.1) is 0 Å². The predicted octanol–water partition coefficient (Wildman–Crippen LogP) is 6.12. The van der Waals surface area contributed by atoms with Crippen LogP contribution in [0.15, 0.2) is 78.9 Å². The molecule has 0 N–H and O–H groups in total. The maximum atomic E-state index is 13.8. The first kappa shape index (κ1) is 25.8. The number of fused-ring (bicyclic) bond motifs is 1. The smallest absolute Gasteiger partial charge is 0.257 e. The van der Waals surface area contributed by atoms with Crippen LogP contribution in [0.3, 0.4) is 0 Å². The van der Waals surface area contributed by atoms with Gasteiger partial charge in [-0.3, -0.25) is 9.59 Å². The Hall–Kier alpha value is -3.31. The van der Waals surface area contributed by atoms with Crippen LogP contribution in [0.5, 0.6) is 5.75 Å². The fourth-order valence-corrected chi connectivity index (χ4v) is 4.85. The van der Waals surface area contributed by atoms with Gasteiger partial charge in [0.2, 0.25) is 0 Å². The highest BCUT2D eigenvalue weighted by molar-refractivity contribution is 6.33. The van der Waals surface area contributed by atoms with Gasteiger partial charge in [-0.25, -0.2) is 0 Å². The fourth-order valence-electron chi connectivity index (χ4n) is 4.63. The van der Waals surface area contributed by atoms with Crippen molar-refractivity contribution in [1.29, 1.82) is 0 Å². The summed E-state index contributed by atoms with van der Waals surface area (Å²) in [6.45, 7) is 1.56. The molecule has 0 unspecified atom stereocenters. The monoisotopic (exact) mass is 504 g/mol. The number of hydrogen-bond donors (Lipinski definition) is 0.